The van der Waals surface area contributed by atoms with Crippen LogP contribution in [-0.2, 0) is 4.79 Å². The molecular weight excluding hydrogens is 340 g/mol. The summed E-state index contributed by atoms with van der Waals surface area (Å²) < 4.78 is 0. The average Bonchev–Trinajstić information content (AvgIpc) is 2.69. The van der Waals surface area contributed by atoms with Gasteiger partial charge in [0.15, 0.2) is 0 Å². The van der Waals surface area contributed by atoms with Crippen molar-refractivity contribution >= 4 is 17.6 Å². The number of benzene rings is 1. The van der Waals surface area contributed by atoms with Gasteiger partial charge in [-0.2, -0.15) is 0 Å². The monoisotopic (exact) mass is 372 g/mol. The number of hydrogen-bond donors (Lipinski definition) is 1. The number of likely N-dealkylation sites (tertiary alicyclic amines) is 2. The van der Waals surface area contributed by atoms with Gasteiger partial charge in [0.1, 0.15) is 0 Å². The fraction of sp³-hybridized carbons (Fsp3) is 0.619. The first kappa shape index (κ1) is 19.7. The lowest BCUT2D eigenvalue weighted by atomic mass is 9.92. The third-order valence-corrected chi connectivity index (χ3v) is 5.85. The van der Waals surface area contributed by atoms with Crippen molar-refractivity contribution in [2.75, 3.05) is 45.6 Å². The van der Waals surface area contributed by atoms with Gasteiger partial charge in [-0.25, -0.2) is 4.79 Å². The Balaban J connectivity index is 1.43. The number of nitrogens with zero attached hydrogens (tertiary/aromatic N) is 3. The van der Waals surface area contributed by atoms with E-state index in [2.05, 4.69) is 10.2 Å². The predicted molar refractivity (Wildman–Crippen MR) is 108 cm³/mol. The van der Waals surface area contributed by atoms with Gasteiger partial charge in [0, 0.05) is 44.8 Å². The number of aryl methyl sites for hydroxylation is 1. The van der Waals surface area contributed by atoms with E-state index >= 15 is 0 Å². The van der Waals surface area contributed by atoms with Crippen LogP contribution in [0.25, 0.3) is 0 Å². The fourth-order valence-electron chi connectivity index (χ4n) is 4.11. The maximum Gasteiger partial charge on any atom is 0.319 e. The summed E-state index contributed by atoms with van der Waals surface area (Å²) in [5.41, 5.74) is 2.07. The number of anilines is 1. The third-order valence-electron chi connectivity index (χ3n) is 5.85. The van der Waals surface area contributed by atoms with Gasteiger partial charge in [-0.05, 0) is 57.8 Å². The van der Waals surface area contributed by atoms with E-state index in [-0.39, 0.29) is 17.9 Å². The Labute approximate surface area is 162 Å². The van der Waals surface area contributed by atoms with Crippen LogP contribution in [0.3, 0.4) is 0 Å². The van der Waals surface area contributed by atoms with Crippen LogP contribution >= 0.6 is 0 Å². The molecule has 0 saturated carbocycles. The molecule has 6 nitrogen and oxygen atoms in total. The van der Waals surface area contributed by atoms with Gasteiger partial charge in [0.2, 0.25) is 5.91 Å². The summed E-state index contributed by atoms with van der Waals surface area (Å²) in [5.74, 6) is 0.239. The second kappa shape index (κ2) is 8.74. The number of piperidine rings is 2. The van der Waals surface area contributed by atoms with Crippen molar-refractivity contribution in [2.24, 2.45) is 5.92 Å². The summed E-state index contributed by atoms with van der Waals surface area (Å²) in [5, 5.41) is 3.06. The molecular formula is C21H32N4O2. The highest BCUT2D eigenvalue weighted by Gasteiger charge is 2.31. The molecule has 0 aliphatic carbocycles. The minimum absolute atomic E-state index is 0.0953. The predicted octanol–water partition coefficient (Wildman–Crippen LogP) is 2.79. The standard InChI is InChI=1S/C21H32N4O2/c1-16-4-6-18(7-5-16)22-20(26)17-8-12-24(13-9-17)19-10-14-25(15-11-19)21(27)23(2)3/h4-7,17,19H,8-15H2,1-3H3,(H,22,26). The van der Waals surface area contributed by atoms with Crippen LogP contribution in [0.2, 0.25) is 0 Å². The highest BCUT2D eigenvalue weighted by Crippen LogP contribution is 2.25. The zero-order valence-electron chi connectivity index (χ0n) is 16.8. The Bertz CT molecular complexity index is 643. The quantitative estimate of drug-likeness (QED) is 0.888. The molecule has 27 heavy (non-hydrogen) atoms. The van der Waals surface area contributed by atoms with Crippen molar-refractivity contribution in [1.82, 2.24) is 14.7 Å². The minimum Gasteiger partial charge on any atom is -0.331 e. The second-order valence-electron chi connectivity index (χ2n) is 8.06. The van der Waals surface area contributed by atoms with Gasteiger partial charge in [-0.1, -0.05) is 17.7 Å². The van der Waals surface area contributed by atoms with Crippen molar-refractivity contribution < 1.29 is 9.59 Å². The highest BCUT2D eigenvalue weighted by molar-refractivity contribution is 5.92. The van der Waals surface area contributed by atoms with Crippen LogP contribution in [0.1, 0.15) is 31.2 Å². The smallest absolute Gasteiger partial charge is 0.319 e. The third kappa shape index (κ3) is 5.01. The molecule has 0 aromatic heterocycles. The topological polar surface area (TPSA) is 55.9 Å². The van der Waals surface area contributed by atoms with Gasteiger partial charge < -0.3 is 20.0 Å². The van der Waals surface area contributed by atoms with Crippen molar-refractivity contribution in [3.8, 4) is 0 Å². The summed E-state index contributed by atoms with van der Waals surface area (Å²) in [4.78, 5) is 30.7. The SMILES string of the molecule is Cc1ccc(NC(=O)C2CCN(C3CCN(C(=O)N(C)C)CC3)CC2)cc1. The molecule has 2 saturated heterocycles. The molecule has 3 rings (SSSR count). The van der Waals surface area contributed by atoms with E-state index in [0.29, 0.717) is 6.04 Å². The molecule has 148 valence electrons. The van der Waals surface area contributed by atoms with Gasteiger partial charge >= 0.3 is 6.03 Å². The first-order valence-corrected chi connectivity index (χ1v) is 10.0. The van der Waals surface area contributed by atoms with Crippen LogP contribution in [0.5, 0.6) is 0 Å². The van der Waals surface area contributed by atoms with E-state index in [1.807, 2.05) is 36.1 Å². The molecule has 6 heteroatoms. The maximum atomic E-state index is 12.5. The maximum absolute atomic E-state index is 12.5. The van der Waals surface area contributed by atoms with Crippen LogP contribution in [0.15, 0.2) is 24.3 Å². The summed E-state index contributed by atoms with van der Waals surface area (Å²) >= 11 is 0. The summed E-state index contributed by atoms with van der Waals surface area (Å²) in [7, 11) is 3.61. The lowest BCUT2D eigenvalue weighted by Gasteiger charge is -2.42. The number of rotatable bonds is 3. The molecule has 2 fully saturated rings. The molecule has 2 heterocycles. The molecule has 1 N–H and O–H groups in total. The molecule has 0 spiro atoms. The fourth-order valence-corrected chi connectivity index (χ4v) is 4.11. The number of nitrogens with one attached hydrogen (secondary N) is 1. The normalized spacial score (nSPS) is 19.7. The zero-order valence-corrected chi connectivity index (χ0v) is 16.8. The van der Waals surface area contributed by atoms with E-state index in [4.69, 9.17) is 0 Å². The molecule has 0 radical (unpaired) electrons. The van der Waals surface area contributed by atoms with Crippen LogP contribution in [0.4, 0.5) is 10.5 Å². The summed E-state index contributed by atoms with van der Waals surface area (Å²) in [6, 6.07) is 8.62. The number of hydrogen-bond acceptors (Lipinski definition) is 3. The molecule has 2 aliphatic rings. The van der Waals surface area contributed by atoms with E-state index in [1.165, 1.54) is 5.56 Å². The molecule has 1 aromatic carbocycles. The number of carbonyl (C=O) groups excluding carboxylic acids is 2. The van der Waals surface area contributed by atoms with Crippen LogP contribution in [0, 0.1) is 12.8 Å². The zero-order chi connectivity index (χ0) is 19.4. The van der Waals surface area contributed by atoms with Crippen molar-refractivity contribution in [3.63, 3.8) is 0 Å². The average molecular weight is 373 g/mol. The highest BCUT2D eigenvalue weighted by atomic mass is 16.2. The molecule has 3 amide bonds. The molecule has 0 atom stereocenters. The number of carbonyl (C=O) groups is 2. The van der Waals surface area contributed by atoms with Crippen molar-refractivity contribution in [1.29, 1.82) is 0 Å². The molecule has 2 aliphatic heterocycles. The molecule has 0 bridgehead atoms. The summed E-state index contributed by atoms with van der Waals surface area (Å²) in [6.45, 7) is 5.64. The Morgan fingerprint density at radius 2 is 1.56 bits per heavy atom. The summed E-state index contributed by atoms with van der Waals surface area (Å²) in [6.07, 6.45) is 3.88. The largest absolute Gasteiger partial charge is 0.331 e. The lowest BCUT2D eigenvalue weighted by molar-refractivity contribution is -0.121. The van der Waals surface area contributed by atoms with Crippen LogP contribution in [-0.4, -0.2) is 73.0 Å². The van der Waals surface area contributed by atoms with Gasteiger partial charge in [-0.15, -0.1) is 0 Å². The van der Waals surface area contributed by atoms with E-state index < -0.39 is 0 Å². The molecule has 0 unspecified atom stereocenters. The van der Waals surface area contributed by atoms with Gasteiger partial charge in [0.05, 0.1) is 0 Å². The van der Waals surface area contributed by atoms with Gasteiger partial charge in [0.25, 0.3) is 0 Å². The minimum atomic E-state index is 0.0953. The van der Waals surface area contributed by atoms with E-state index in [9.17, 15) is 9.59 Å². The van der Waals surface area contributed by atoms with E-state index in [1.54, 1.807) is 19.0 Å². The first-order valence-electron chi connectivity index (χ1n) is 10.0. The number of amides is 3. The van der Waals surface area contributed by atoms with E-state index in [0.717, 1.165) is 57.5 Å². The second-order valence-corrected chi connectivity index (χ2v) is 8.06. The van der Waals surface area contributed by atoms with Crippen LogP contribution < -0.4 is 5.32 Å². The van der Waals surface area contributed by atoms with Gasteiger partial charge in [-0.3, -0.25) is 4.79 Å². The first-order chi connectivity index (χ1) is 12.9. The molecule has 1 aromatic rings. The Hall–Kier alpha value is -2.08. The lowest BCUT2D eigenvalue weighted by Crippen LogP contribution is -2.51. The Morgan fingerprint density at radius 1 is 0.963 bits per heavy atom. The Morgan fingerprint density at radius 3 is 2.11 bits per heavy atom. The Kier molecular flexibility index (Phi) is 6.37. The number of urea groups is 1. The van der Waals surface area contributed by atoms with Crippen molar-refractivity contribution in [3.05, 3.63) is 29.8 Å². The van der Waals surface area contributed by atoms with Crippen molar-refractivity contribution in [2.45, 2.75) is 38.6 Å².